The number of rotatable bonds is 4. The minimum Gasteiger partial charge on any atom is -0.315 e. The normalized spacial score (nSPS) is 19.2. The Morgan fingerprint density at radius 3 is 3.22 bits per heavy atom. The first-order chi connectivity index (χ1) is 8.92. The summed E-state index contributed by atoms with van der Waals surface area (Å²) in [5.74, 6) is 0. The van der Waals surface area contributed by atoms with Crippen molar-refractivity contribution in [2.75, 3.05) is 13.1 Å². The second-order valence-electron chi connectivity index (χ2n) is 4.43. The van der Waals surface area contributed by atoms with Crippen molar-refractivity contribution in [3.8, 4) is 10.7 Å². The van der Waals surface area contributed by atoms with Crippen LogP contribution in [0.3, 0.4) is 0 Å². The fourth-order valence-corrected chi connectivity index (χ4v) is 2.87. The van der Waals surface area contributed by atoms with Gasteiger partial charge in [0, 0.05) is 30.7 Å². The predicted molar refractivity (Wildman–Crippen MR) is 73.5 cm³/mol. The highest BCUT2D eigenvalue weighted by atomic mass is 32.1. The Balaban J connectivity index is 1.63. The van der Waals surface area contributed by atoms with E-state index >= 15 is 0 Å². The van der Waals surface area contributed by atoms with Gasteiger partial charge in [-0.05, 0) is 25.1 Å². The summed E-state index contributed by atoms with van der Waals surface area (Å²) >= 11 is 1.66. The van der Waals surface area contributed by atoms with Crippen LogP contribution < -0.4 is 10.6 Å². The van der Waals surface area contributed by atoms with E-state index in [1.165, 1.54) is 6.42 Å². The lowest BCUT2D eigenvalue weighted by Crippen LogP contribution is -2.30. The number of nitrogens with one attached hydrogen (secondary N) is 2. The van der Waals surface area contributed by atoms with Gasteiger partial charge in [0.05, 0.1) is 11.4 Å². The Kier molecular flexibility index (Phi) is 3.64. The number of hydrogen-bond donors (Lipinski definition) is 2. The summed E-state index contributed by atoms with van der Waals surface area (Å²) in [6, 6.07) is 6.50. The lowest BCUT2D eigenvalue weighted by molar-refractivity contribution is 0.543. The first-order valence-corrected chi connectivity index (χ1v) is 7.10. The van der Waals surface area contributed by atoms with Crippen molar-refractivity contribution in [2.45, 2.75) is 19.0 Å². The Morgan fingerprint density at radius 2 is 2.44 bits per heavy atom. The minimum absolute atomic E-state index is 0.588. The van der Waals surface area contributed by atoms with Crippen molar-refractivity contribution < 1.29 is 0 Å². The molecule has 0 spiro atoms. The van der Waals surface area contributed by atoms with E-state index in [0.29, 0.717) is 6.04 Å². The summed E-state index contributed by atoms with van der Waals surface area (Å²) in [5.41, 5.74) is 2.06. The molecule has 5 heteroatoms. The molecule has 1 fully saturated rings. The minimum atomic E-state index is 0.588. The zero-order chi connectivity index (χ0) is 12.2. The van der Waals surface area contributed by atoms with Gasteiger partial charge in [0.25, 0.3) is 0 Å². The van der Waals surface area contributed by atoms with Crippen LogP contribution in [0.5, 0.6) is 0 Å². The summed E-state index contributed by atoms with van der Waals surface area (Å²) in [5, 5.41) is 9.98. The standard InChI is InChI=1S/C13H16N4S/c1-2-5-15-12(3-1)13-17-11(9-18-13)8-16-10-4-6-14-7-10/h1-3,5,9-10,14,16H,4,6-8H2. The molecule has 0 aromatic carbocycles. The molecule has 1 unspecified atom stereocenters. The second kappa shape index (κ2) is 5.56. The maximum atomic E-state index is 4.61. The van der Waals surface area contributed by atoms with Gasteiger partial charge >= 0.3 is 0 Å². The molecule has 18 heavy (non-hydrogen) atoms. The van der Waals surface area contributed by atoms with E-state index in [4.69, 9.17) is 0 Å². The van der Waals surface area contributed by atoms with Crippen LogP contribution in [-0.2, 0) is 6.54 Å². The molecule has 94 valence electrons. The summed E-state index contributed by atoms with van der Waals surface area (Å²) < 4.78 is 0. The maximum Gasteiger partial charge on any atom is 0.142 e. The predicted octanol–water partition coefficient (Wildman–Crippen LogP) is 1.66. The molecule has 2 aromatic heterocycles. The fraction of sp³-hybridized carbons (Fsp3) is 0.385. The molecule has 2 aromatic rings. The van der Waals surface area contributed by atoms with Crippen LogP contribution in [0.2, 0.25) is 0 Å². The molecule has 4 nitrogen and oxygen atoms in total. The summed E-state index contributed by atoms with van der Waals surface area (Å²) in [4.78, 5) is 8.93. The number of hydrogen-bond acceptors (Lipinski definition) is 5. The van der Waals surface area contributed by atoms with Crippen LogP contribution >= 0.6 is 11.3 Å². The summed E-state index contributed by atoms with van der Waals surface area (Å²) in [6.07, 6.45) is 3.01. The van der Waals surface area contributed by atoms with Crippen LogP contribution in [0.4, 0.5) is 0 Å². The topological polar surface area (TPSA) is 49.8 Å². The van der Waals surface area contributed by atoms with E-state index in [9.17, 15) is 0 Å². The van der Waals surface area contributed by atoms with Crippen molar-refractivity contribution in [1.82, 2.24) is 20.6 Å². The zero-order valence-electron chi connectivity index (χ0n) is 10.1. The average Bonchev–Trinajstić information content (AvgIpc) is 3.09. The largest absolute Gasteiger partial charge is 0.315 e. The van der Waals surface area contributed by atoms with E-state index < -0.39 is 0 Å². The first-order valence-electron chi connectivity index (χ1n) is 6.22. The highest BCUT2D eigenvalue weighted by molar-refractivity contribution is 7.13. The Labute approximate surface area is 110 Å². The highest BCUT2D eigenvalue weighted by Gasteiger charge is 2.14. The first kappa shape index (κ1) is 11.8. The molecule has 0 amide bonds. The Bertz CT molecular complexity index is 491. The molecular formula is C13H16N4S. The van der Waals surface area contributed by atoms with Crippen molar-refractivity contribution in [3.63, 3.8) is 0 Å². The number of nitrogens with zero attached hydrogens (tertiary/aromatic N) is 2. The molecule has 2 N–H and O–H groups in total. The monoisotopic (exact) mass is 260 g/mol. The number of pyridine rings is 1. The van der Waals surface area contributed by atoms with Crippen LogP contribution in [0.1, 0.15) is 12.1 Å². The summed E-state index contributed by atoms with van der Waals surface area (Å²) in [7, 11) is 0. The fourth-order valence-electron chi connectivity index (χ4n) is 2.07. The van der Waals surface area contributed by atoms with Gasteiger partial charge in [-0.2, -0.15) is 0 Å². The van der Waals surface area contributed by atoms with Gasteiger partial charge in [-0.1, -0.05) is 6.07 Å². The quantitative estimate of drug-likeness (QED) is 0.878. The van der Waals surface area contributed by atoms with Crippen molar-refractivity contribution in [1.29, 1.82) is 0 Å². The van der Waals surface area contributed by atoms with Crippen LogP contribution in [-0.4, -0.2) is 29.1 Å². The Morgan fingerprint density at radius 1 is 1.44 bits per heavy atom. The van der Waals surface area contributed by atoms with E-state index in [1.54, 1.807) is 17.5 Å². The highest BCUT2D eigenvalue weighted by Crippen LogP contribution is 2.21. The van der Waals surface area contributed by atoms with Crippen molar-refractivity contribution in [3.05, 3.63) is 35.5 Å². The third kappa shape index (κ3) is 2.75. The molecule has 3 rings (SSSR count). The van der Waals surface area contributed by atoms with Gasteiger partial charge < -0.3 is 10.6 Å². The van der Waals surface area contributed by atoms with Crippen LogP contribution in [0.25, 0.3) is 10.7 Å². The smallest absolute Gasteiger partial charge is 0.142 e. The van der Waals surface area contributed by atoms with Gasteiger partial charge in [0.1, 0.15) is 5.01 Å². The number of thiazole rings is 1. The lowest BCUT2D eigenvalue weighted by Gasteiger charge is -2.08. The lowest BCUT2D eigenvalue weighted by atomic mass is 10.2. The molecule has 0 radical (unpaired) electrons. The Hall–Kier alpha value is -1.30. The van der Waals surface area contributed by atoms with Crippen molar-refractivity contribution >= 4 is 11.3 Å². The molecule has 1 saturated heterocycles. The molecular weight excluding hydrogens is 244 g/mol. The van der Waals surface area contributed by atoms with E-state index in [1.807, 2.05) is 18.2 Å². The molecule has 1 atom stereocenters. The molecule has 0 bridgehead atoms. The van der Waals surface area contributed by atoms with E-state index in [0.717, 1.165) is 36.0 Å². The van der Waals surface area contributed by atoms with Gasteiger partial charge in [-0.3, -0.25) is 4.98 Å². The average molecular weight is 260 g/mol. The zero-order valence-corrected chi connectivity index (χ0v) is 10.9. The SMILES string of the molecule is c1ccc(-c2nc(CNC3CCNC3)cs2)nc1. The molecule has 0 saturated carbocycles. The third-order valence-electron chi connectivity index (χ3n) is 3.07. The van der Waals surface area contributed by atoms with Crippen molar-refractivity contribution in [2.24, 2.45) is 0 Å². The van der Waals surface area contributed by atoms with Gasteiger partial charge in [-0.25, -0.2) is 4.98 Å². The van der Waals surface area contributed by atoms with Gasteiger partial charge in [0.15, 0.2) is 0 Å². The molecule has 1 aliphatic heterocycles. The second-order valence-corrected chi connectivity index (χ2v) is 5.29. The summed E-state index contributed by atoms with van der Waals surface area (Å²) in [6.45, 7) is 3.03. The van der Waals surface area contributed by atoms with Crippen LogP contribution in [0, 0.1) is 0 Å². The van der Waals surface area contributed by atoms with Crippen LogP contribution in [0.15, 0.2) is 29.8 Å². The van der Waals surface area contributed by atoms with Gasteiger partial charge in [-0.15, -0.1) is 11.3 Å². The maximum absolute atomic E-state index is 4.61. The number of aromatic nitrogens is 2. The van der Waals surface area contributed by atoms with E-state index in [-0.39, 0.29) is 0 Å². The molecule has 3 heterocycles. The molecule has 0 aliphatic carbocycles. The third-order valence-corrected chi connectivity index (χ3v) is 3.98. The molecule has 1 aliphatic rings. The van der Waals surface area contributed by atoms with Gasteiger partial charge in [0.2, 0.25) is 0 Å². The van der Waals surface area contributed by atoms with E-state index in [2.05, 4.69) is 26.0 Å².